The summed E-state index contributed by atoms with van der Waals surface area (Å²) < 4.78 is 174. The van der Waals surface area contributed by atoms with E-state index in [1.165, 1.54) is 0 Å². The minimum atomic E-state index is -4.70. The van der Waals surface area contributed by atoms with Gasteiger partial charge in [-0.3, -0.25) is 18.8 Å². The zero-order chi connectivity index (χ0) is 44.7. The number of ether oxygens (including phenoxy) is 3. The standard InChI is InChI=1S/C17H13F6N5O2.C14H8ClF6N5O.C3H6O.CH4/c1-8(16(19,20)21)29-14-11(18)4-9(5-25-14)12-7-28-13(6-24-12)26-27-15(28)17(22,23)30-10-2-3-10;1-6(14(19,20)21)27-11-8(16)2-7(3-23-11)9-5-26-10(4-22-9)24-25-12(26)13(15,17)18;4-3-1-2-3;/h4-8,10H,2-3H2,1H3;2-6H,1H3;3-4H,1-2H2;1H4/t8-;6-;;/m00../s1. The lowest BCUT2D eigenvalue weighted by Crippen LogP contribution is -2.31. The predicted molar refractivity (Wildman–Crippen MR) is 190 cm³/mol. The number of pyridine rings is 2. The topological polar surface area (TPSA) is 160 Å². The van der Waals surface area contributed by atoms with Crippen LogP contribution in [0.1, 0.15) is 58.6 Å². The maximum atomic E-state index is 14.3. The van der Waals surface area contributed by atoms with Crippen molar-refractivity contribution in [1.82, 2.24) is 49.1 Å². The molecule has 2 saturated carbocycles. The van der Waals surface area contributed by atoms with Gasteiger partial charge in [0.05, 0.1) is 36.0 Å². The first-order valence-electron chi connectivity index (χ1n) is 17.4. The molecule has 1 N–H and O–H groups in total. The van der Waals surface area contributed by atoms with Crippen LogP contribution in [0.2, 0.25) is 0 Å². The SMILES string of the molecule is C.C[C@H](Oc1ncc(-c2cn3c(C(F)(F)Cl)nnc3cn2)cc1F)C(F)(F)F.C[C@H](Oc1ncc(-c2cn3c(C(F)(F)OC4CC4)nnc3cn2)cc1F)C(F)(F)F.OC1CC1. The fourth-order valence-corrected chi connectivity index (χ4v) is 4.72. The number of rotatable bonds is 10. The summed E-state index contributed by atoms with van der Waals surface area (Å²) in [6.07, 6.45) is -8.58. The quantitative estimate of drug-likeness (QED) is 0.103. The maximum Gasteiger partial charge on any atom is 0.425 e. The first-order valence-corrected chi connectivity index (χ1v) is 17.8. The molecular formula is C35H31ClF12N10O4. The summed E-state index contributed by atoms with van der Waals surface area (Å²) in [7, 11) is 0. The molecule has 0 aliphatic heterocycles. The van der Waals surface area contributed by atoms with Crippen LogP contribution in [0.5, 0.6) is 11.8 Å². The number of hydrogen-bond donors (Lipinski definition) is 1. The van der Waals surface area contributed by atoms with Crippen LogP contribution in [0, 0.1) is 11.6 Å². The van der Waals surface area contributed by atoms with E-state index in [2.05, 4.69) is 54.5 Å². The Balaban J connectivity index is 0.000000212. The summed E-state index contributed by atoms with van der Waals surface area (Å²) in [4.78, 5) is 14.9. The highest BCUT2D eigenvalue weighted by Gasteiger charge is 2.44. The molecule has 0 radical (unpaired) electrons. The van der Waals surface area contributed by atoms with E-state index in [1.807, 2.05) is 0 Å². The number of alkyl halides is 11. The first-order chi connectivity index (χ1) is 28.4. The number of fused-ring (bicyclic) bond motifs is 2. The molecule has 2 atom stereocenters. The number of nitrogens with zero attached hydrogens (tertiary/aromatic N) is 10. The molecule has 14 nitrogen and oxygen atoms in total. The third-order valence-corrected chi connectivity index (χ3v) is 8.36. The summed E-state index contributed by atoms with van der Waals surface area (Å²) in [5.41, 5.74) is -0.0352. The minimum Gasteiger partial charge on any atom is -0.463 e. The van der Waals surface area contributed by atoms with E-state index in [-0.39, 0.29) is 47.3 Å². The molecule has 0 unspecified atom stereocenters. The average molecular weight is 919 g/mol. The number of hydrogen-bond acceptors (Lipinski definition) is 12. The van der Waals surface area contributed by atoms with Crippen molar-refractivity contribution < 1.29 is 72.0 Å². The van der Waals surface area contributed by atoms with Crippen LogP contribution in [0.25, 0.3) is 33.8 Å². The summed E-state index contributed by atoms with van der Waals surface area (Å²) in [5, 5.41) is 18.2. The molecule has 2 aliphatic rings. The van der Waals surface area contributed by atoms with Crippen molar-refractivity contribution in [2.75, 3.05) is 0 Å². The van der Waals surface area contributed by atoms with Crippen LogP contribution in [0.4, 0.5) is 52.7 Å². The Morgan fingerprint density at radius 1 is 0.645 bits per heavy atom. The Hall–Kier alpha value is -5.63. The van der Waals surface area contributed by atoms with E-state index >= 15 is 0 Å². The Morgan fingerprint density at radius 2 is 1.05 bits per heavy atom. The monoisotopic (exact) mass is 918 g/mol. The number of aromatic nitrogens is 10. The highest BCUT2D eigenvalue weighted by Crippen LogP contribution is 2.37. The van der Waals surface area contributed by atoms with Crippen LogP contribution >= 0.6 is 11.6 Å². The second kappa shape index (κ2) is 18.0. The van der Waals surface area contributed by atoms with E-state index < -0.39 is 77.2 Å². The molecular weight excluding hydrogens is 888 g/mol. The fraction of sp³-hybridized carbons (Fsp3) is 0.429. The molecule has 27 heteroatoms. The Morgan fingerprint density at radius 3 is 1.40 bits per heavy atom. The first kappa shape index (κ1) is 47.4. The van der Waals surface area contributed by atoms with Crippen molar-refractivity contribution in [3.8, 4) is 34.3 Å². The van der Waals surface area contributed by atoms with E-state index in [0.717, 1.165) is 71.0 Å². The van der Waals surface area contributed by atoms with Crippen molar-refractivity contribution >= 4 is 22.9 Å². The van der Waals surface area contributed by atoms with Gasteiger partial charge in [-0.2, -0.15) is 43.9 Å². The van der Waals surface area contributed by atoms with Gasteiger partial charge >= 0.3 is 23.8 Å². The van der Waals surface area contributed by atoms with Gasteiger partial charge in [-0.25, -0.2) is 18.7 Å². The zero-order valence-corrected chi connectivity index (χ0v) is 31.6. The fourth-order valence-electron chi connectivity index (χ4n) is 4.59. The lowest BCUT2D eigenvalue weighted by atomic mass is 10.2. The van der Waals surface area contributed by atoms with Gasteiger partial charge in [0.15, 0.2) is 35.1 Å². The molecule has 0 amide bonds. The van der Waals surface area contributed by atoms with Gasteiger partial charge in [-0.05, 0) is 63.3 Å². The molecule has 8 rings (SSSR count). The minimum absolute atomic E-state index is 0. The van der Waals surface area contributed by atoms with Crippen molar-refractivity contribution in [3.63, 3.8) is 0 Å². The van der Waals surface area contributed by atoms with Crippen molar-refractivity contribution in [1.29, 1.82) is 0 Å². The van der Waals surface area contributed by atoms with E-state index in [9.17, 15) is 52.7 Å². The normalized spacial score (nSPS) is 15.5. The largest absolute Gasteiger partial charge is 0.463 e. The average Bonchev–Trinajstić information content (AvgIpc) is 4.06. The van der Waals surface area contributed by atoms with Crippen molar-refractivity contribution in [2.45, 2.75) is 95.2 Å². The molecule has 62 heavy (non-hydrogen) atoms. The van der Waals surface area contributed by atoms with Gasteiger partial charge in [0.2, 0.25) is 11.6 Å². The molecule has 0 bridgehead atoms. The molecule has 0 spiro atoms. The number of halogens is 13. The molecule has 0 saturated heterocycles. The predicted octanol–water partition coefficient (Wildman–Crippen LogP) is 8.60. The van der Waals surface area contributed by atoms with Crippen molar-refractivity contribution in [3.05, 3.63) is 72.6 Å². The number of aliphatic hydroxyl groups excluding tert-OH is 1. The van der Waals surface area contributed by atoms with Crippen LogP contribution in [-0.4, -0.2) is 91.0 Å². The van der Waals surface area contributed by atoms with Crippen LogP contribution in [0.3, 0.4) is 0 Å². The van der Waals surface area contributed by atoms with Gasteiger partial charge < -0.3 is 19.3 Å². The lowest BCUT2D eigenvalue weighted by Gasteiger charge is -2.17. The maximum absolute atomic E-state index is 14.3. The highest BCUT2D eigenvalue weighted by molar-refractivity contribution is 6.21. The van der Waals surface area contributed by atoms with Crippen LogP contribution in [-0.2, 0) is 16.2 Å². The molecule has 6 aromatic rings. The summed E-state index contributed by atoms with van der Waals surface area (Å²) >= 11 is 4.95. The van der Waals surface area contributed by atoms with E-state index in [1.54, 1.807) is 0 Å². The van der Waals surface area contributed by atoms with E-state index in [0.29, 0.717) is 26.7 Å². The second-order valence-electron chi connectivity index (χ2n) is 13.2. The Bertz CT molecular complexity index is 2490. The van der Waals surface area contributed by atoms with Gasteiger partial charge in [-0.15, -0.1) is 20.4 Å². The van der Waals surface area contributed by atoms with Gasteiger partial charge in [-0.1, -0.05) is 7.43 Å². The lowest BCUT2D eigenvalue weighted by molar-refractivity contribution is -0.261. The smallest absolute Gasteiger partial charge is 0.425 e. The van der Waals surface area contributed by atoms with Gasteiger partial charge in [0.25, 0.3) is 11.8 Å². The van der Waals surface area contributed by atoms with Crippen molar-refractivity contribution in [2.24, 2.45) is 0 Å². The van der Waals surface area contributed by atoms with Gasteiger partial charge in [0, 0.05) is 35.9 Å². The Labute approximate surface area is 345 Å². The summed E-state index contributed by atoms with van der Waals surface area (Å²) in [5.74, 6) is -5.72. The van der Waals surface area contributed by atoms with Crippen LogP contribution < -0.4 is 9.47 Å². The van der Waals surface area contributed by atoms with Gasteiger partial charge in [0.1, 0.15) is 0 Å². The molecule has 2 aliphatic carbocycles. The van der Waals surface area contributed by atoms with Crippen LogP contribution in [0.15, 0.2) is 49.3 Å². The third kappa shape index (κ3) is 11.6. The molecule has 6 aromatic heterocycles. The van der Waals surface area contributed by atoms with E-state index in [4.69, 9.17) is 16.7 Å². The molecule has 0 aromatic carbocycles. The summed E-state index contributed by atoms with van der Waals surface area (Å²) in [6.45, 7) is 1.41. The highest BCUT2D eigenvalue weighted by atomic mass is 35.5. The molecule has 336 valence electrons. The zero-order valence-electron chi connectivity index (χ0n) is 30.8. The third-order valence-electron chi connectivity index (χ3n) is 8.19. The second-order valence-corrected chi connectivity index (χ2v) is 13.7. The summed E-state index contributed by atoms with van der Waals surface area (Å²) in [6, 6.07) is 1.64. The Kier molecular flexibility index (Phi) is 13.8. The molecule has 6 heterocycles. The molecule has 2 fully saturated rings. The number of aliphatic hydroxyl groups is 1.